The Hall–Kier alpha value is -2.31. The normalized spacial score (nSPS) is 10.0. The molecule has 0 aromatic heterocycles. The maximum atomic E-state index is 11.5. The summed E-state index contributed by atoms with van der Waals surface area (Å²) in [5.74, 6) is -0.0603. The van der Waals surface area contributed by atoms with Crippen LogP contribution in [0.3, 0.4) is 0 Å². The zero-order valence-corrected chi connectivity index (χ0v) is 12.4. The lowest BCUT2D eigenvalue weighted by molar-refractivity contribution is -0.383. The molecule has 0 bridgehead atoms. The second-order valence-electron chi connectivity index (χ2n) is 4.52. The number of carbonyl (C=O) groups excluding carboxylic acids is 1. The predicted octanol–water partition coefficient (Wildman–Crippen LogP) is 2.35. The maximum Gasteiger partial charge on any atom is 0.315 e. The Balaban J connectivity index is 2.68. The number of para-hydroxylation sites is 1. The minimum absolute atomic E-state index is 0.00770. The molecule has 0 fully saturated rings. The molecule has 1 aromatic rings. The van der Waals surface area contributed by atoms with Crippen molar-refractivity contribution in [3.8, 4) is 0 Å². The number of hydrogen-bond acceptors (Lipinski definition) is 5. The van der Waals surface area contributed by atoms with Gasteiger partial charge >= 0.3 is 5.69 Å². The highest BCUT2D eigenvalue weighted by atomic mass is 16.6. The first-order valence-corrected chi connectivity index (χ1v) is 7.12. The van der Waals surface area contributed by atoms with Crippen LogP contribution in [-0.2, 0) is 4.79 Å². The van der Waals surface area contributed by atoms with Crippen LogP contribution in [0.1, 0.15) is 26.7 Å². The fourth-order valence-electron chi connectivity index (χ4n) is 1.88. The summed E-state index contributed by atoms with van der Waals surface area (Å²) in [4.78, 5) is 22.3. The Kier molecular flexibility index (Phi) is 7.00. The first-order valence-electron chi connectivity index (χ1n) is 7.12. The zero-order chi connectivity index (χ0) is 15.7. The van der Waals surface area contributed by atoms with Crippen molar-refractivity contribution in [1.82, 2.24) is 5.32 Å². The second-order valence-corrected chi connectivity index (χ2v) is 4.52. The van der Waals surface area contributed by atoms with Crippen LogP contribution in [0.2, 0.25) is 0 Å². The average molecular weight is 294 g/mol. The first kappa shape index (κ1) is 16.7. The molecule has 7 heteroatoms. The molecule has 0 aliphatic rings. The number of anilines is 2. The van der Waals surface area contributed by atoms with Gasteiger partial charge < -0.3 is 16.0 Å². The maximum absolute atomic E-state index is 11.5. The molecular formula is C14H22N4O3. The molecule has 1 amide bonds. The Morgan fingerprint density at radius 1 is 1.19 bits per heavy atom. The number of nitrogens with one attached hydrogen (secondary N) is 3. The zero-order valence-electron chi connectivity index (χ0n) is 12.4. The van der Waals surface area contributed by atoms with Crippen LogP contribution in [-0.4, -0.2) is 30.5 Å². The predicted molar refractivity (Wildman–Crippen MR) is 83.7 cm³/mol. The molecule has 116 valence electrons. The highest BCUT2D eigenvalue weighted by Crippen LogP contribution is 2.32. The van der Waals surface area contributed by atoms with E-state index >= 15 is 0 Å². The summed E-state index contributed by atoms with van der Waals surface area (Å²) in [5.41, 5.74) is 0.901. The standard InChI is InChI=1S/C14H22N4O3/c1-3-9-17-13(19)8-10-16-12-7-5-6-11(15-4-2)14(12)18(20)21/h5-7,15-16H,3-4,8-10H2,1-2H3,(H,17,19). The van der Waals surface area contributed by atoms with E-state index in [0.717, 1.165) is 6.42 Å². The van der Waals surface area contributed by atoms with E-state index in [-0.39, 0.29) is 18.0 Å². The van der Waals surface area contributed by atoms with Gasteiger partial charge in [0.25, 0.3) is 0 Å². The Morgan fingerprint density at radius 3 is 2.43 bits per heavy atom. The molecule has 0 unspecified atom stereocenters. The molecule has 0 aliphatic heterocycles. The fourth-order valence-corrected chi connectivity index (χ4v) is 1.88. The molecule has 0 atom stereocenters. The van der Waals surface area contributed by atoms with Crippen molar-refractivity contribution >= 4 is 23.0 Å². The smallest absolute Gasteiger partial charge is 0.315 e. The van der Waals surface area contributed by atoms with Gasteiger partial charge in [-0.1, -0.05) is 13.0 Å². The Labute approximate surface area is 124 Å². The van der Waals surface area contributed by atoms with Gasteiger partial charge in [0.05, 0.1) is 4.92 Å². The highest BCUT2D eigenvalue weighted by molar-refractivity contribution is 5.78. The van der Waals surface area contributed by atoms with Gasteiger partial charge in [-0.05, 0) is 25.5 Å². The molecule has 7 nitrogen and oxygen atoms in total. The molecule has 0 radical (unpaired) electrons. The average Bonchev–Trinajstić information content (AvgIpc) is 2.45. The van der Waals surface area contributed by atoms with Crippen LogP contribution in [0.4, 0.5) is 17.1 Å². The van der Waals surface area contributed by atoms with Crippen molar-refractivity contribution < 1.29 is 9.72 Å². The van der Waals surface area contributed by atoms with Crippen molar-refractivity contribution in [2.45, 2.75) is 26.7 Å². The molecular weight excluding hydrogens is 272 g/mol. The molecule has 0 heterocycles. The summed E-state index contributed by atoms with van der Waals surface area (Å²) in [6.07, 6.45) is 1.16. The first-order chi connectivity index (χ1) is 10.1. The molecule has 0 saturated heterocycles. The number of nitrogens with zero attached hydrogens (tertiary/aromatic N) is 1. The highest BCUT2D eigenvalue weighted by Gasteiger charge is 2.18. The van der Waals surface area contributed by atoms with E-state index in [4.69, 9.17) is 0 Å². The third-order valence-electron chi connectivity index (χ3n) is 2.83. The molecule has 1 aromatic carbocycles. The number of benzene rings is 1. The van der Waals surface area contributed by atoms with Gasteiger partial charge in [0.2, 0.25) is 5.91 Å². The van der Waals surface area contributed by atoms with E-state index in [1.165, 1.54) is 0 Å². The number of hydrogen-bond donors (Lipinski definition) is 3. The molecule has 3 N–H and O–H groups in total. The summed E-state index contributed by atoms with van der Waals surface area (Å²) >= 11 is 0. The van der Waals surface area contributed by atoms with E-state index in [1.807, 2.05) is 13.8 Å². The number of amides is 1. The van der Waals surface area contributed by atoms with Crippen LogP contribution in [0.5, 0.6) is 0 Å². The molecule has 0 saturated carbocycles. The van der Waals surface area contributed by atoms with Crippen LogP contribution < -0.4 is 16.0 Å². The number of rotatable bonds is 9. The Bertz CT molecular complexity index is 491. The van der Waals surface area contributed by atoms with Crippen molar-refractivity contribution in [3.05, 3.63) is 28.3 Å². The van der Waals surface area contributed by atoms with Crippen molar-refractivity contribution in [1.29, 1.82) is 0 Å². The van der Waals surface area contributed by atoms with E-state index < -0.39 is 4.92 Å². The van der Waals surface area contributed by atoms with Gasteiger partial charge in [0.1, 0.15) is 11.4 Å². The summed E-state index contributed by atoms with van der Waals surface area (Å²) in [5, 5.41) is 19.9. The van der Waals surface area contributed by atoms with Crippen LogP contribution in [0.15, 0.2) is 18.2 Å². The van der Waals surface area contributed by atoms with Crippen molar-refractivity contribution in [2.75, 3.05) is 30.3 Å². The molecule has 21 heavy (non-hydrogen) atoms. The lowest BCUT2D eigenvalue weighted by atomic mass is 10.2. The minimum atomic E-state index is -0.419. The third kappa shape index (κ3) is 5.29. The van der Waals surface area contributed by atoms with Gasteiger partial charge in [-0.15, -0.1) is 0 Å². The number of nitro groups is 1. The Morgan fingerprint density at radius 2 is 1.86 bits per heavy atom. The van der Waals surface area contributed by atoms with E-state index in [9.17, 15) is 14.9 Å². The quantitative estimate of drug-likeness (QED) is 0.480. The SMILES string of the molecule is CCCNC(=O)CCNc1cccc(NCC)c1[N+](=O)[O-]. The van der Waals surface area contributed by atoms with Gasteiger partial charge in [-0.3, -0.25) is 14.9 Å². The lowest BCUT2D eigenvalue weighted by Crippen LogP contribution is -2.26. The van der Waals surface area contributed by atoms with Gasteiger partial charge in [0, 0.05) is 26.1 Å². The van der Waals surface area contributed by atoms with Gasteiger partial charge in [-0.25, -0.2) is 0 Å². The topological polar surface area (TPSA) is 96.3 Å². The van der Waals surface area contributed by atoms with Gasteiger partial charge in [-0.2, -0.15) is 0 Å². The van der Waals surface area contributed by atoms with Gasteiger partial charge in [0.15, 0.2) is 0 Å². The molecule has 0 spiro atoms. The molecule has 1 rings (SSSR count). The molecule has 0 aliphatic carbocycles. The summed E-state index contributed by atoms with van der Waals surface area (Å²) in [7, 11) is 0. The third-order valence-corrected chi connectivity index (χ3v) is 2.83. The second kappa shape index (κ2) is 8.78. The largest absolute Gasteiger partial charge is 0.380 e. The van der Waals surface area contributed by atoms with E-state index in [2.05, 4.69) is 16.0 Å². The van der Waals surface area contributed by atoms with E-state index in [1.54, 1.807) is 18.2 Å². The summed E-state index contributed by atoms with van der Waals surface area (Å²) in [6.45, 7) is 5.46. The summed E-state index contributed by atoms with van der Waals surface area (Å²) in [6, 6.07) is 5.05. The fraction of sp³-hybridized carbons (Fsp3) is 0.500. The lowest BCUT2D eigenvalue weighted by Gasteiger charge is -2.10. The van der Waals surface area contributed by atoms with Crippen LogP contribution in [0, 0.1) is 10.1 Å². The minimum Gasteiger partial charge on any atom is -0.380 e. The summed E-state index contributed by atoms with van der Waals surface area (Å²) < 4.78 is 0. The monoisotopic (exact) mass is 294 g/mol. The van der Waals surface area contributed by atoms with Crippen molar-refractivity contribution in [2.24, 2.45) is 0 Å². The van der Waals surface area contributed by atoms with E-state index in [0.29, 0.717) is 31.0 Å². The number of nitro benzene ring substituents is 1. The number of carbonyl (C=O) groups is 1. The van der Waals surface area contributed by atoms with Crippen LogP contribution >= 0.6 is 0 Å². The van der Waals surface area contributed by atoms with Crippen molar-refractivity contribution in [3.63, 3.8) is 0 Å². The van der Waals surface area contributed by atoms with Crippen LogP contribution in [0.25, 0.3) is 0 Å².